The quantitative estimate of drug-likeness (QED) is 0.563. The van der Waals surface area contributed by atoms with E-state index in [2.05, 4.69) is 20.5 Å². The molecule has 4 rings (SSSR count). The Balaban J connectivity index is 1.51. The highest BCUT2D eigenvalue weighted by Crippen LogP contribution is 2.38. The van der Waals surface area contributed by atoms with Gasteiger partial charge in [-0.1, -0.05) is 0 Å². The number of ether oxygens (including phenoxy) is 1. The molecule has 0 saturated carbocycles. The molecule has 1 aromatic carbocycles. The average Bonchev–Trinajstić information content (AvgIpc) is 3.22. The lowest BCUT2D eigenvalue weighted by Crippen LogP contribution is -1.96. The number of nitrogens with one attached hydrogen (secondary N) is 1. The third kappa shape index (κ3) is 3.16. The molecule has 0 radical (unpaired) electrons. The van der Waals surface area contributed by atoms with Crippen molar-refractivity contribution in [3.63, 3.8) is 0 Å². The first-order valence-electron chi connectivity index (χ1n) is 7.99. The fourth-order valence-electron chi connectivity index (χ4n) is 2.95. The minimum atomic E-state index is 0.0453. The van der Waals surface area contributed by atoms with Crippen molar-refractivity contribution in [3.8, 4) is 11.8 Å². The number of rotatable bonds is 5. The molecule has 2 heterocycles. The summed E-state index contributed by atoms with van der Waals surface area (Å²) in [5.41, 5.74) is 5.35. The first-order valence-corrected chi connectivity index (χ1v) is 8.81. The van der Waals surface area contributed by atoms with E-state index in [1.54, 1.807) is 23.9 Å². The summed E-state index contributed by atoms with van der Waals surface area (Å²) in [6, 6.07) is 9.34. The van der Waals surface area contributed by atoms with Crippen molar-refractivity contribution in [2.75, 3.05) is 12.0 Å². The molecule has 0 spiro atoms. The molecule has 25 heavy (non-hydrogen) atoms. The van der Waals surface area contributed by atoms with Crippen LogP contribution in [0, 0.1) is 11.3 Å². The summed E-state index contributed by atoms with van der Waals surface area (Å²) in [4.78, 5) is 11.2. The van der Waals surface area contributed by atoms with E-state index in [1.165, 1.54) is 16.9 Å². The van der Waals surface area contributed by atoms with Gasteiger partial charge in [0.25, 0.3) is 0 Å². The topological polar surface area (TPSA) is 83.2 Å². The largest absolute Gasteiger partial charge is 0.479 e. The first-order chi connectivity index (χ1) is 12.3. The van der Waals surface area contributed by atoms with Crippen molar-refractivity contribution in [2.24, 2.45) is 5.10 Å². The maximum absolute atomic E-state index is 8.51. The van der Waals surface area contributed by atoms with Gasteiger partial charge in [-0.2, -0.15) is 10.4 Å². The van der Waals surface area contributed by atoms with Gasteiger partial charge in [0.2, 0.25) is 0 Å². The molecule has 1 aliphatic rings. The van der Waals surface area contributed by atoms with Crippen LogP contribution in [-0.4, -0.2) is 22.8 Å². The van der Waals surface area contributed by atoms with Crippen LogP contribution in [0.25, 0.3) is 10.2 Å². The summed E-state index contributed by atoms with van der Waals surface area (Å²) in [5, 5.41) is 13.9. The highest BCUT2D eigenvalue weighted by Gasteiger charge is 2.20. The zero-order valence-electron chi connectivity index (χ0n) is 13.4. The average molecular weight is 349 g/mol. The second kappa shape index (κ2) is 6.87. The lowest BCUT2D eigenvalue weighted by atomic mass is 10.2. The minimum Gasteiger partial charge on any atom is -0.479 e. The van der Waals surface area contributed by atoms with E-state index < -0.39 is 0 Å². The number of anilines is 1. The van der Waals surface area contributed by atoms with Gasteiger partial charge in [0, 0.05) is 4.88 Å². The van der Waals surface area contributed by atoms with Crippen molar-refractivity contribution in [2.45, 2.75) is 19.3 Å². The molecule has 0 amide bonds. The standard InChI is InChI=1S/C18H15N5OS/c19-8-9-24-13-6-4-12(5-7-13)10-22-23-17-16-14-2-1-3-15(14)25-18(16)21-11-20-17/h4-7,10-11H,1-3,9H2,(H,20,21,23)/b22-10-. The summed E-state index contributed by atoms with van der Waals surface area (Å²) in [6.45, 7) is 0.0453. The van der Waals surface area contributed by atoms with Crippen LogP contribution in [0.3, 0.4) is 0 Å². The lowest BCUT2D eigenvalue weighted by molar-refractivity contribution is 0.368. The molecule has 6 nitrogen and oxygen atoms in total. The van der Waals surface area contributed by atoms with Gasteiger partial charge >= 0.3 is 0 Å². The molecule has 1 N–H and O–H groups in total. The highest BCUT2D eigenvalue weighted by molar-refractivity contribution is 7.19. The maximum atomic E-state index is 8.51. The molecule has 1 aliphatic carbocycles. The van der Waals surface area contributed by atoms with Gasteiger partial charge < -0.3 is 4.74 Å². The zero-order valence-corrected chi connectivity index (χ0v) is 14.2. The summed E-state index contributed by atoms with van der Waals surface area (Å²) in [7, 11) is 0. The van der Waals surface area contributed by atoms with Crippen molar-refractivity contribution >= 4 is 33.6 Å². The number of aromatic nitrogens is 2. The number of nitrogens with zero attached hydrogens (tertiary/aromatic N) is 4. The monoisotopic (exact) mass is 349 g/mol. The van der Waals surface area contributed by atoms with E-state index in [0.29, 0.717) is 5.75 Å². The van der Waals surface area contributed by atoms with Gasteiger partial charge in [-0.05, 0) is 54.7 Å². The molecule has 124 valence electrons. The minimum absolute atomic E-state index is 0.0453. The molecule has 2 aromatic heterocycles. The number of nitriles is 1. The summed E-state index contributed by atoms with van der Waals surface area (Å²) in [6.07, 6.45) is 6.74. The number of hydrogen-bond acceptors (Lipinski definition) is 7. The Labute approximate surface area is 148 Å². The van der Waals surface area contributed by atoms with Gasteiger partial charge in [0.15, 0.2) is 12.4 Å². The van der Waals surface area contributed by atoms with Gasteiger partial charge in [-0.25, -0.2) is 9.97 Å². The molecule has 3 aromatic rings. The van der Waals surface area contributed by atoms with E-state index in [-0.39, 0.29) is 6.61 Å². The Kier molecular flexibility index (Phi) is 4.27. The van der Waals surface area contributed by atoms with E-state index >= 15 is 0 Å². The molecular formula is C18H15N5OS. The highest BCUT2D eigenvalue weighted by atomic mass is 32.1. The van der Waals surface area contributed by atoms with Crippen LogP contribution in [0.5, 0.6) is 5.75 Å². The molecular weight excluding hydrogens is 334 g/mol. The van der Waals surface area contributed by atoms with Crippen molar-refractivity contribution in [3.05, 3.63) is 46.6 Å². The second-order valence-electron chi connectivity index (χ2n) is 5.65. The third-order valence-electron chi connectivity index (χ3n) is 4.07. The SMILES string of the molecule is N#CCOc1ccc(/C=N\Nc2ncnc3sc4c(c23)CCC4)cc1. The number of benzene rings is 1. The Morgan fingerprint density at radius 1 is 1.28 bits per heavy atom. The fraction of sp³-hybridized carbons (Fsp3) is 0.222. The summed E-state index contributed by atoms with van der Waals surface area (Å²) >= 11 is 1.76. The Morgan fingerprint density at radius 2 is 2.16 bits per heavy atom. The van der Waals surface area contributed by atoms with Crippen LogP contribution < -0.4 is 10.2 Å². The number of thiophene rings is 1. The van der Waals surface area contributed by atoms with Gasteiger partial charge in [-0.3, -0.25) is 5.43 Å². The fourth-order valence-corrected chi connectivity index (χ4v) is 4.18. The molecule has 7 heteroatoms. The van der Waals surface area contributed by atoms with Crippen molar-refractivity contribution < 1.29 is 4.74 Å². The van der Waals surface area contributed by atoms with E-state index in [1.807, 2.05) is 30.3 Å². The molecule has 0 atom stereocenters. The van der Waals surface area contributed by atoms with Gasteiger partial charge in [-0.15, -0.1) is 11.3 Å². The Hall–Kier alpha value is -2.98. The zero-order chi connectivity index (χ0) is 17.1. The molecule has 0 fully saturated rings. The van der Waals surface area contributed by atoms with E-state index in [9.17, 15) is 0 Å². The van der Waals surface area contributed by atoms with Gasteiger partial charge in [0.05, 0.1) is 11.6 Å². The molecule has 0 saturated heterocycles. The third-order valence-corrected chi connectivity index (χ3v) is 5.27. The number of aryl methyl sites for hydroxylation is 2. The molecule has 0 aliphatic heterocycles. The Morgan fingerprint density at radius 3 is 3.00 bits per heavy atom. The number of fused-ring (bicyclic) bond motifs is 3. The number of hydrazone groups is 1. The molecule has 0 bridgehead atoms. The van der Waals surface area contributed by atoms with Crippen LogP contribution >= 0.6 is 11.3 Å². The number of hydrogen-bond donors (Lipinski definition) is 1. The van der Waals surface area contributed by atoms with E-state index in [0.717, 1.165) is 34.4 Å². The lowest BCUT2D eigenvalue weighted by Gasteiger charge is -2.03. The van der Waals surface area contributed by atoms with Crippen LogP contribution in [-0.2, 0) is 12.8 Å². The van der Waals surface area contributed by atoms with Crippen LogP contribution in [0.1, 0.15) is 22.4 Å². The van der Waals surface area contributed by atoms with Crippen LogP contribution in [0.2, 0.25) is 0 Å². The van der Waals surface area contributed by atoms with Crippen molar-refractivity contribution in [1.82, 2.24) is 9.97 Å². The van der Waals surface area contributed by atoms with Gasteiger partial charge in [0.1, 0.15) is 23.0 Å². The summed E-state index contributed by atoms with van der Waals surface area (Å²) in [5.74, 6) is 1.42. The normalized spacial score (nSPS) is 13.1. The van der Waals surface area contributed by atoms with Crippen LogP contribution in [0.15, 0.2) is 35.7 Å². The Bertz CT molecular complexity index is 972. The second-order valence-corrected chi connectivity index (χ2v) is 6.73. The smallest absolute Gasteiger partial charge is 0.174 e. The predicted molar refractivity (Wildman–Crippen MR) is 98.2 cm³/mol. The van der Waals surface area contributed by atoms with Crippen molar-refractivity contribution in [1.29, 1.82) is 5.26 Å². The first kappa shape index (κ1) is 15.5. The molecule has 0 unspecified atom stereocenters. The van der Waals surface area contributed by atoms with Crippen LogP contribution in [0.4, 0.5) is 5.82 Å². The predicted octanol–water partition coefficient (Wildman–Crippen LogP) is 3.53. The van der Waals surface area contributed by atoms with E-state index in [4.69, 9.17) is 10.00 Å². The maximum Gasteiger partial charge on any atom is 0.174 e. The summed E-state index contributed by atoms with van der Waals surface area (Å²) < 4.78 is 5.23.